The zero-order valence-electron chi connectivity index (χ0n) is 16.7. The Morgan fingerprint density at radius 1 is 1.07 bits per heavy atom. The number of aromatic nitrogens is 4. The highest BCUT2D eigenvalue weighted by molar-refractivity contribution is 5.33. The van der Waals surface area contributed by atoms with Crippen LogP contribution >= 0.6 is 0 Å². The number of nitrogens with one attached hydrogen (secondary N) is 1. The highest BCUT2D eigenvalue weighted by Crippen LogP contribution is 2.10. The molecule has 1 aliphatic heterocycles. The second-order valence-corrected chi connectivity index (χ2v) is 6.97. The van der Waals surface area contributed by atoms with Crippen LogP contribution in [-0.4, -0.2) is 63.3 Å². The van der Waals surface area contributed by atoms with Crippen LogP contribution in [0, 0.1) is 0 Å². The lowest BCUT2D eigenvalue weighted by atomic mass is 10.2. The minimum Gasteiger partial charge on any atom is -0.371 e. The predicted molar refractivity (Wildman–Crippen MR) is 110 cm³/mol. The first-order valence-electron chi connectivity index (χ1n) is 9.89. The highest BCUT2D eigenvalue weighted by Gasteiger charge is 2.18. The molecule has 1 saturated heterocycles. The minimum atomic E-state index is -0.280. The van der Waals surface area contributed by atoms with Gasteiger partial charge in [-0.25, -0.2) is 14.8 Å². The molecular weight excluding hydrogens is 358 g/mol. The summed E-state index contributed by atoms with van der Waals surface area (Å²) < 4.78 is 2.72. The molecule has 1 fully saturated rings. The van der Waals surface area contributed by atoms with Crippen LogP contribution in [0.3, 0.4) is 0 Å². The number of hydrogen-bond acceptors (Lipinski definition) is 7. The first kappa shape index (κ1) is 20.1. The van der Waals surface area contributed by atoms with Crippen molar-refractivity contribution in [2.24, 2.45) is 7.05 Å². The lowest BCUT2D eigenvalue weighted by molar-refractivity contribution is 0.252. The molecule has 152 valence electrons. The summed E-state index contributed by atoms with van der Waals surface area (Å²) >= 11 is 0. The molecule has 0 unspecified atom stereocenters. The van der Waals surface area contributed by atoms with Gasteiger partial charge in [0.1, 0.15) is 5.82 Å². The number of nitrogens with zero attached hydrogens (tertiary/aromatic N) is 6. The molecule has 28 heavy (non-hydrogen) atoms. The molecule has 0 spiro atoms. The molecule has 9 nitrogen and oxygen atoms in total. The van der Waals surface area contributed by atoms with Crippen molar-refractivity contribution >= 4 is 11.8 Å². The van der Waals surface area contributed by atoms with Crippen molar-refractivity contribution in [3.8, 4) is 0 Å². The summed E-state index contributed by atoms with van der Waals surface area (Å²) in [5, 5.41) is 3.22. The molecule has 0 amide bonds. The number of hydrogen-bond donors (Lipinski definition) is 1. The Balaban J connectivity index is 1.38. The summed E-state index contributed by atoms with van der Waals surface area (Å²) in [4.78, 5) is 37.4. The van der Waals surface area contributed by atoms with Gasteiger partial charge in [-0.1, -0.05) is 0 Å². The van der Waals surface area contributed by atoms with E-state index >= 15 is 0 Å². The van der Waals surface area contributed by atoms with Crippen molar-refractivity contribution in [3.05, 3.63) is 45.4 Å². The van der Waals surface area contributed by atoms with Crippen LogP contribution in [0.4, 0.5) is 11.8 Å². The van der Waals surface area contributed by atoms with E-state index in [1.54, 1.807) is 26.4 Å². The molecule has 0 saturated carbocycles. The standard InChI is InChI=1S/C19H29N7O2/c1-3-26-17(27)15-16(23(2)19(26)28)20-7-4-5-10-24-11-13-25(14-12-24)18-21-8-6-9-22-18/h6,8-9,15,20H,3-5,7,10-14H2,1-2H3. The van der Waals surface area contributed by atoms with E-state index in [1.165, 1.54) is 15.2 Å². The Kier molecular flexibility index (Phi) is 6.80. The third kappa shape index (κ3) is 4.78. The second-order valence-electron chi connectivity index (χ2n) is 6.97. The van der Waals surface area contributed by atoms with Crippen LogP contribution in [0.5, 0.6) is 0 Å². The van der Waals surface area contributed by atoms with E-state index in [9.17, 15) is 9.59 Å². The van der Waals surface area contributed by atoms with Crippen LogP contribution in [-0.2, 0) is 13.6 Å². The molecule has 0 atom stereocenters. The van der Waals surface area contributed by atoms with Crippen molar-refractivity contribution in [1.82, 2.24) is 24.0 Å². The predicted octanol–water partition coefficient (Wildman–Crippen LogP) is 0.371. The summed E-state index contributed by atoms with van der Waals surface area (Å²) in [6, 6.07) is 3.33. The molecule has 0 aromatic carbocycles. The van der Waals surface area contributed by atoms with E-state index in [2.05, 4.69) is 25.1 Å². The van der Waals surface area contributed by atoms with Crippen LogP contribution in [0.1, 0.15) is 19.8 Å². The zero-order valence-corrected chi connectivity index (χ0v) is 16.7. The summed E-state index contributed by atoms with van der Waals surface area (Å²) in [7, 11) is 1.69. The number of unbranched alkanes of at least 4 members (excludes halogenated alkanes) is 1. The second kappa shape index (κ2) is 9.50. The van der Waals surface area contributed by atoms with Crippen molar-refractivity contribution in [3.63, 3.8) is 0 Å². The number of piperazine rings is 1. The zero-order chi connectivity index (χ0) is 19.9. The van der Waals surface area contributed by atoms with Gasteiger partial charge < -0.3 is 10.2 Å². The van der Waals surface area contributed by atoms with Crippen molar-refractivity contribution in [2.45, 2.75) is 26.3 Å². The van der Waals surface area contributed by atoms with Gasteiger partial charge in [0.2, 0.25) is 5.95 Å². The first-order chi connectivity index (χ1) is 13.6. The molecule has 2 aromatic rings. The van der Waals surface area contributed by atoms with Gasteiger partial charge in [0.25, 0.3) is 5.56 Å². The van der Waals surface area contributed by atoms with E-state index in [1.807, 2.05) is 6.07 Å². The topological polar surface area (TPSA) is 88.3 Å². The van der Waals surface area contributed by atoms with Crippen LogP contribution in [0.15, 0.2) is 34.1 Å². The maximum absolute atomic E-state index is 12.1. The Morgan fingerprint density at radius 2 is 1.79 bits per heavy atom. The minimum absolute atomic E-state index is 0.256. The third-order valence-electron chi connectivity index (χ3n) is 5.14. The first-order valence-corrected chi connectivity index (χ1v) is 9.89. The Labute approximate surface area is 164 Å². The van der Waals surface area contributed by atoms with Crippen molar-refractivity contribution in [2.75, 3.05) is 49.5 Å². The average molecular weight is 387 g/mol. The Morgan fingerprint density at radius 3 is 2.46 bits per heavy atom. The molecule has 2 aromatic heterocycles. The van der Waals surface area contributed by atoms with Crippen molar-refractivity contribution < 1.29 is 0 Å². The van der Waals surface area contributed by atoms with E-state index in [0.717, 1.165) is 58.1 Å². The van der Waals surface area contributed by atoms with E-state index in [4.69, 9.17) is 0 Å². The van der Waals surface area contributed by atoms with Gasteiger partial charge in [-0.3, -0.25) is 18.8 Å². The third-order valence-corrected chi connectivity index (χ3v) is 5.14. The Bertz CT molecular complexity index is 870. The fourth-order valence-corrected chi connectivity index (χ4v) is 3.43. The normalized spacial score (nSPS) is 15.0. The Hall–Kier alpha value is -2.68. The van der Waals surface area contributed by atoms with Gasteiger partial charge in [-0.05, 0) is 32.4 Å². The molecule has 3 heterocycles. The molecule has 1 N–H and O–H groups in total. The summed E-state index contributed by atoms with van der Waals surface area (Å²) in [5.74, 6) is 1.39. The van der Waals surface area contributed by atoms with Gasteiger partial charge in [0.05, 0.1) is 0 Å². The van der Waals surface area contributed by atoms with Crippen LogP contribution in [0.2, 0.25) is 0 Å². The van der Waals surface area contributed by atoms with Crippen LogP contribution < -0.4 is 21.5 Å². The van der Waals surface area contributed by atoms with Crippen LogP contribution in [0.25, 0.3) is 0 Å². The monoisotopic (exact) mass is 387 g/mol. The fraction of sp³-hybridized carbons (Fsp3) is 0.579. The fourth-order valence-electron chi connectivity index (χ4n) is 3.43. The quantitative estimate of drug-likeness (QED) is 0.655. The smallest absolute Gasteiger partial charge is 0.332 e. The van der Waals surface area contributed by atoms with Crippen molar-refractivity contribution in [1.29, 1.82) is 0 Å². The van der Waals surface area contributed by atoms with Gasteiger partial charge in [0, 0.05) is 64.8 Å². The summed E-state index contributed by atoms with van der Waals surface area (Å²) in [6.45, 7) is 7.86. The molecular formula is C19H29N7O2. The molecule has 0 bridgehead atoms. The summed E-state index contributed by atoms with van der Waals surface area (Å²) in [6.07, 6.45) is 5.60. The van der Waals surface area contributed by atoms with Gasteiger partial charge in [0.15, 0.2) is 0 Å². The highest BCUT2D eigenvalue weighted by atomic mass is 16.2. The average Bonchev–Trinajstić information content (AvgIpc) is 2.73. The summed E-state index contributed by atoms with van der Waals surface area (Å²) in [5.41, 5.74) is -0.536. The largest absolute Gasteiger partial charge is 0.371 e. The maximum Gasteiger partial charge on any atom is 0.332 e. The van der Waals surface area contributed by atoms with E-state index < -0.39 is 0 Å². The molecule has 9 heteroatoms. The molecule has 3 rings (SSSR count). The molecule has 0 radical (unpaired) electrons. The SMILES string of the molecule is CCn1c(=O)cc(NCCCCN2CCN(c3ncccn3)CC2)n(C)c1=O. The molecule has 1 aliphatic rings. The van der Waals surface area contributed by atoms with Gasteiger partial charge in [-0.2, -0.15) is 0 Å². The number of anilines is 2. The number of rotatable bonds is 8. The van der Waals surface area contributed by atoms with E-state index in [0.29, 0.717) is 12.4 Å². The van der Waals surface area contributed by atoms with Gasteiger partial charge in [-0.15, -0.1) is 0 Å². The maximum atomic E-state index is 12.1. The lowest BCUT2D eigenvalue weighted by Crippen LogP contribution is -2.47. The van der Waals surface area contributed by atoms with E-state index in [-0.39, 0.29) is 11.2 Å². The van der Waals surface area contributed by atoms with Gasteiger partial charge >= 0.3 is 5.69 Å². The molecule has 0 aliphatic carbocycles. The lowest BCUT2D eigenvalue weighted by Gasteiger charge is -2.34.